The van der Waals surface area contributed by atoms with Gasteiger partial charge in [-0.3, -0.25) is 0 Å². The van der Waals surface area contributed by atoms with Crippen LogP contribution in [0, 0.1) is 0 Å². The van der Waals surface area contributed by atoms with Gasteiger partial charge in [-0.25, -0.2) is 0 Å². The van der Waals surface area contributed by atoms with Crippen molar-refractivity contribution in [3.63, 3.8) is 0 Å². The molecule has 0 radical (unpaired) electrons. The van der Waals surface area contributed by atoms with Crippen molar-refractivity contribution in [3.8, 4) is 0 Å². The molecular formula is C13H23N3O2. The second-order valence-electron chi connectivity index (χ2n) is 4.72. The summed E-state index contributed by atoms with van der Waals surface area (Å²) in [5, 5.41) is 11.4. The molecule has 2 rings (SSSR count). The van der Waals surface area contributed by atoms with Crippen molar-refractivity contribution in [2.45, 2.75) is 51.6 Å². The molecule has 0 bridgehead atoms. The van der Waals surface area contributed by atoms with Crippen LogP contribution in [0.3, 0.4) is 0 Å². The first-order valence-electron chi connectivity index (χ1n) is 7.02. The molecule has 0 spiro atoms. The van der Waals surface area contributed by atoms with Gasteiger partial charge in [0.2, 0.25) is 11.8 Å². The number of aryl methyl sites for hydroxylation is 1. The van der Waals surface area contributed by atoms with E-state index in [1.54, 1.807) is 0 Å². The fourth-order valence-electron chi connectivity index (χ4n) is 2.18. The molecule has 1 aromatic heterocycles. The Morgan fingerprint density at radius 2 is 2.06 bits per heavy atom. The van der Waals surface area contributed by atoms with Crippen molar-refractivity contribution >= 4 is 0 Å². The zero-order valence-electron chi connectivity index (χ0n) is 11.2. The van der Waals surface area contributed by atoms with Gasteiger partial charge in [-0.15, -0.1) is 10.2 Å². The number of nitrogens with zero attached hydrogens (tertiary/aromatic N) is 2. The van der Waals surface area contributed by atoms with Gasteiger partial charge >= 0.3 is 0 Å². The first-order valence-corrected chi connectivity index (χ1v) is 7.02. The minimum Gasteiger partial charge on any atom is -0.425 e. The van der Waals surface area contributed by atoms with Gasteiger partial charge in [0.05, 0.1) is 6.10 Å². The number of likely N-dealkylation sites (N-methyl/N-ethyl adjacent to an activating group) is 1. The Labute approximate surface area is 108 Å². The molecule has 1 fully saturated rings. The molecule has 0 saturated carbocycles. The van der Waals surface area contributed by atoms with Crippen molar-refractivity contribution < 1.29 is 9.15 Å². The lowest BCUT2D eigenvalue weighted by molar-refractivity contribution is 0.0105. The van der Waals surface area contributed by atoms with Crippen LogP contribution in [0.1, 0.15) is 44.4 Å². The van der Waals surface area contributed by atoms with E-state index in [-0.39, 0.29) is 0 Å². The molecule has 1 saturated heterocycles. The normalized spacial score (nSPS) is 20.2. The summed E-state index contributed by atoms with van der Waals surface area (Å²) in [6, 6.07) is 0. The Hall–Kier alpha value is -0.940. The molecule has 1 aromatic rings. The molecule has 18 heavy (non-hydrogen) atoms. The Bertz CT molecular complexity index is 335. The van der Waals surface area contributed by atoms with Crippen LogP contribution in [-0.2, 0) is 17.6 Å². The van der Waals surface area contributed by atoms with E-state index in [4.69, 9.17) is 9.15 Å². The molecule has 0 aromatic carbocycles. The predicted molar refractivity (Wildman–Crippen MR) is 68.5 cm³/mol. The molecule has 5 heteroatoms. The van der Waals surface area contributed by atoms with Gasteiger partial charge in [-0.2, -0.15) is 0 Å². The summed E-state index contributed by atoms with van der Waals surface area (Å²) in [5.74, 6) is 1.48. The average Bonchev–Trinajstić information content (AvgIpc) is 2.86. The maximum atomic E-state index is 5.69. The number of hydrogen-bond donors (Lipinski definition) is 1. The molecular weight excluding hydrogens is 230 g/mol. The van der Waals surface area contributed by atoms with Gasteiger partial charge in [0, 0.05) is 26.0 Å². The Morgan fingerprint density at radius 1 is 1.22 bits per heavy atom. The highest BCUT2D eigenvalue weighted by molar-refractivity contribution is 4.84. The van der Waals surface area contributed by atoms with E-state index in [2.05, 4.69) is 22.4 Å². The van der Waals surface area contributed by atoms with E-state index in [1.165, 1.54) is 19.3 Å². The summed E-state index contributed by atoms with van der Waals surface area (Å²) in [7, 11) is 0. The third-order valence-corrected chi connectivity index (χ3v) is 3.23. The van der Waals surface area contributed by atoms with Gasteiger partial charge in [-0.05, 0) is 32.2 Å². The number of nitrogens with one attached hydrogen (secondary N) is 1. The highest BCUT2D eigenvalue weighted by atomic mass is 16.5. The summed E-state index contributed by atoms with van der Waals surface area (Å²) in [6.45, 7) is 4.86. The lowest BCUT2D eigenvalue weighted by Crippen LogP contribution is -2.19. The van der Waals surface area contributed by atoms with Crippen molar-refractivity contribution in [3.05, 3.63) is 11.8 Å². The van der Waals surface area contributed by atoms with E-state index >= 15 is 0 Å². The molecule has 1 unspecified atom stereocenters. The molecule has 1 aliphatic heterocycles. The van der Waals surface area contributed by atoms with Crippen LogP contribution in [0.15, 0.2) is 4.42 Å². The predicted octanol–water partition coefficient (Wildman–Crippen LogP) is 1.72. The van der Waals surface area contributed by atoms with Crippen molar-refractivity contribution in [2.75, 3.05) is 19.7 Å². The summed E-state index contributed by atoms with van der Waals surface area (Å²) in [6.07, 6.45) is 6.67. The largest absolute Gasteiger partial charge is 0.425 e. The minimum absolute atomic E-state index is 0.385. The smallest absolute Gasteiger partial charge is 0.217 e. The van der Waals surface area contributed by atoms with Gasteiger partial charge < -0.3 is 14.5 Å². The first-order chi connectivity index (χ1) is 8.88. The van der Waals surface area contributed by atoms with Crippen LogP contribution < -0.4 is 5.32 Å². The van der Waals surface area contributed by atoms with Gasteiger partial charge in [0.1, 0.15) is 0 Å². The fraction of sp³-hybridized carbons (Fsp3) is 0.846. The standard InChI is InChI=1S/C13H23N3O2/c1-2-14-9-8-13-16-15-12(18-13)7-6-11-5-3-4-10-17-11/h11,14H,2-10H2,1H3. The monoisotopic (exact) mass is 253 g/mol. The van der Waals surface area contributed by atoms with Crippen molar-refractivity contribution in [1.82, 2.24) is 15.5 Å². The number of ether oxygens (including phenoxy) is 1. The van der Waals surface area contributed by atoms with E-state index < -0.39 is 0 Å². The zero-order valence-corrected chi connectivity index (χ0v) is 11.2. The third kappa shape index (κ3) is 4.38. The fourth-order valence-corrected chi connectivity index (χ4v) is 2.18. The van der Waals surface area contributed by atoms with Crippen LogP contribution >= 0.6 is 0 Å². The molecule has 0 amide bonds. The zero-order chi connectivity index (χ0) is 12.6. The third-order valence-electron chi connectivity index (χ3n) is 3.23. The Kier molecular flexibility index (Phi) is 5.61. The second kappa shape index (κ2) is 7.48. The molecule has 1 aliphatic rings. The van der Waals surface area contributed by atoms with E-state index in [0.29, 0.717) is 6.10 Å². The van der Waals surface area contributed by atoms with Gasteiger partial charge in [0.15, 0.2) is 0 Å². The topological polar surface area (TPSA) is 60.2 Å². The molecule has 1 atom stereocenters. The number of hydrogen-bond acceptors (Lipinski definition) is 5. The molecule has 102 valence electrons. The Balaban J connectivity index is 1.69. The van der Waals surface area contributed by atoms with Crippen LogP contribution in [-0.4, -0.2) is 36.0 Å². The molecule has 5 nitrogen and oxygen atoms in total. The summed E-state index contributed by atoms with van der Waals surface area (Å²) < 4.78 is 11.3. The van der Waals surface area contributed by atoms with Crippen LogP contribution in [0.4, 0.5) is 0 Å². The van der Waals surface area contributed by atoms with E-state index in [1.807, 2.05) is 0 Å². The van der Waals surface area contributed by atoms with Gasteiger partial charge in [0.25, 0.3) is 0 Å². The minimum atomic E-state index is 0.385. The second-order valence-corrected chi connectivity index (χ2v) is 4.72. The highest BCUT2D eigenvalue weighted by Crippen LogP contribution is 2.17. The lowest BCUT2D eigenvalue weighted by Gasteiger charge is -2.21. The molecule has 1 N–H and O–H groups in total. The lowest BCUT2D eigenvalue weighted by atomic mass is 10.0. The van der Waals surface area contributed by atoms with Crippen LogP contribution in [0.2, 0.25) is 0 Å². The summed E-state index contributed by atoms with van der Waals surface area (Å²) >= 11 is 0. The van der Waals surface area contributed by atoms with Crippen LogP contribution in [0.25, 0.3) is 0 Å². The van der Waals surface area contributed by atoms with Crippen molar-refractivity contribution in [1.29, 1.82) is 0 Å². The van der Waals surface area contributed by atoms with Crippen LogP contribution in [0.5, 0.6) is 0 Å². The van der Waals surface area contributed by atoms with Crippen molar-refractivity contribution in [2.24, 2.45) is 0 Å². The SMILES string of the molecule is CCNCCc1nnc(CCC2CCCCO2)o1. The number of rotatable bonds is 7. The summed E-state index contributed by atoms with van der Waals surface area (Å²) in [4.78, 5) is 0. The maximum Gasteiger partial charge on any atom is 0.217 e. The summed E-state index contributed by atoms with van der Waals surface area (Å²) in [5.41, 5.74) is 0. The Morgan fingerprint density at radius 3 is 2.78 bits per heavy atom. The molecule has 0 aliphatic carbocycles. The molecule has 2 heterocycles. The van der Waals surface area contributed by atoms with Gasteiger partial charge in [-0.1, -0.05) is 6.92 Å². The van der Waals surface area contributed by atoms with E-state index in [9.17, 15) is 0 Å². The quantitative estimate of drug-likeness (QED) is 0.750. The average molecular weight is 253 g/mol. The first kappa shape index (κ1) is 13.5. The number of aromatic nitrogens is 2. The highest BCUT2D eigenvalue weighted by Gasteiger charge is 2.15. The maximum absolute atomic E-state index is 5.69. The van der Waals surface area contributed by atoms with E-state index in [0.717, 1.165) is 50.7 Å².